The SMILES string of the molecule is COc1cccc(NS(=O)(=O)c2c(Br)cc(N)cc2Br)c1. The number of hydrogen-bond donors (Lipinski definition) is 2. The summed E-state index contributed by atoms with van der Waals surface area (Å²) in [5.41, 5.74) is 6.53. The van der Waals surface area contributed by atoms with Crippen molar-refractivity contribution in [3.8, 4) is 5.75 Å². The minimum atomic E-state index is -3.77. The van der Waals surface area contributed by atoms with Gasteiger partial charge in [0.15, 0.2) is 0 Å². The first-order valence-electron chi connectivity index (χ1n) is 5.75. The van der Waals surface area contributed by atoms with E-state index in [1.165, 1.54) is 19.2 Å². The van der Waals surface area contributed by atoms with Crippen LogP contribution in [0.2, 0.25) is 0 Å². The first-order valence-corrected chi connectivity index (χ1v) is 8.82. The molecule has 0 spiro atoms. The van der Waals surface area contributed by atoms with Gasteiger partial charge in [0.05, 0.1) is 12.8 Å². The predicted molar refractivity (Wildman–Crippen MR) is 90.1 cm³/mol. The molecule has 0 unspecified atom stereocenters. The maximum Gasteiger partial charge on any atom is 0.264 e. The fourth-order valence-corrected chi connectivity index (χ4v) is 5.40. The molecule has 2 aromatic rings. The number of methoxy groups -OCH3 is 1. The van der Waals surface area contributed by atoms with E-state index in [1.54, 1.807) is 24.3 Å². The van der Waals surface area contributed by atoms with Gasteiger partial charge in [-0.3, -0.25) is 4.72 Å². The number of sulfonamides is 1. The van der Waals surface area contributed by atoms with Gasteiger partial charge in [0.25, 0.3) is 10.0 Å². The van der Waals surface area contributed by atoms with Crippen LogP contribution in [-0.2, 0) is 10.0 Å². The van der Waals surface area contributed by atoms with Crippen LogP contribution in [0.15, 0.2) is 50.2 Å². The third kappa shape index (κ3) is 3.69. The Bertz CT molecular complexity index is 756. The Morgan fingerprint density at radius 3 is 2.33 bits per heavy atom. The van der Waals surface area contributed by atoms with Crippen molar-refractivity contribution in [2.45, 2.75) is 4.90 Å². The number of benzene rings is 2. The van der Waals surface area contributed by atoms with Gasteiger partial charge in [0.1, 0.15) is 10.6 Å². The Morgan fingerprint density at radius 1 is 1.14 bits per heavy atom. The summed E-state index contributed by atoms with van der Waals surface area (Å²) in [5, 5.41) is 0. The highest BCUT2D eigenvalue weighted by molar-refractivity contribution is 9.11. The molecule has 21 heavy (non-hydrogen) atoms. The molecule has 0 heterocycles. The third-order valence-electron chi connectivity index (χ3n) is 2.61. The Morgan fingerprint density at radius 2 is 1.76 bits per heavy atom. The van der Waals surface area contributed by atoms with Gasteiger partial charge in [0.2, 0.25) is 0 Å². The number of halogens is 2. The van der Waals surface area contributed by atoms with Crippen LogP contribution in [-0.4, -0.2) is 15.5 Å². The first-order chi connectivity index (χ1) is 9.83. The summed E-state index contributed by atoms with van der Waals surface area (Å²) < 4.78 is 33.3. The van der Waals surface area contributed by atoms with Gasteiger partial charge in [0, 0.05) is 20.7 Å². The fourth-order valence-electron chi connectivity index (χ4n) is 1.73. The van der Waals surface area contributed by atoms with Crippen molar-refractivity contribution in [2.24, 2.45) is 0 Å². The van der Waals surface area contributed by atoms with E-state index in [2.05, 4.69) is 36.6 Å². The predicted octanol–water partition coefficient (Wildman–Crippen LogP) is 3.60. The smallest absolute Gasteiger partial charge is 0.264 e. The van der Waals surface area contributed by atoms with Crippen LogP contribution in [0.1, 0.15) is 0 Å². The highest BCUT2D eigenvalue weighted by Crippen LogP contribution is 2.33. The van der Waals surface area contributed by atoms with Crippen molar-refractivity contribution in [2.75, 3.05) is 17.6 Å². The molecule has 0 saturated heterocycles. The van der Waals surface area contributed by atoms with Crippen molar-refractivity contribution in [3.63, 3.8) is 0 Å². The second-order valence-electron chi connectivity index (χ2n) is 4.15. The molecule has 0 aliphatic heterocycles. The average molecular weight is 436 g/mol. The van der Waals surface area contributed by atoms with Gasteiger partial charge < -0.3 is 10.5 Å². The zero-order valence-electron chi connectivity index (χ0n) is 10.9. The van der Waals surface area contributed by atoms with Crippen LogP contribution in [0.25, 0.3) is 0 Å². The average Bonchev–Trinajstić information content (AvgIpc) is 2.36. The molecule has 0 radical (unpaired) electrons. The molecule has 3 N–H and O–H groups in total. The molecule has 0 aliphatic rings. The summed E-state index contributed by atoms with van der Waals surface area (Å²) in [4.78, 5) is 0.0829. The molecule has 0 atom stereocenters. The molecule has 0 aliphatic carbocycles. The van der Waals surface area contributed by atoms with E-state index < -0.39 is 10.0 Å². The molecule has 8 heteroatoms. The first kappa shape index (κ1) is 16.1. The van der Waals surface area contributed by atoms with E-state index in [0.717, 1.165) is 0 Å². The lowest BCUT2D eigenvalue weighted by Gasteiger charge is -2.12. The Hall–Kier alpha value is -1.25. The van der Waals surface area contributed by atoms with Crippen molar-refractivity contribution in [1.82, 2.24) is 0 Å². The van der Waals surface area contributed by atoms with Crippen LogP contribution < -0.4 is 15.2 Å². The van der Waals surface area contributed by atoms with Gasteiger partial charge in [-0.25, -0.2) is 8.42 Å². The Balaban J connectivity index is 2.43. The normalized spacial score (nSPS) is 11.2. The summed E-state index contributed by atoms with van der Waals surface area (Å²) in [6.07, 6.45) is 0. The highest BCUT2D eigenvalue weighted by Gasteiger charge is 2.22. The highest BCUT2D eigenvalue weighted by atomic mass is 79.9. The largest absolute Gasteiger partial charge is 0.497 e. The number of hydrogen-bond acceptors (Lipinski definition) is 4. The Kier molecular flexibility index (Phi) is 4.80. The number of ether oxygens (including phenoxy) is 1. The number of nitrogens with one attached hydrogen (secondary N) is 1. The van der Waals surface area contributed by atoms with Crippen LogP contribution in [0.3, 0.4) is 0 Å². The van der Waals surface area contributed by atoms with Crippen LogP contribution in [0, 0.1) is 0 Å². The molecular weight excluding hydrogens is 424 g/mol. The summed E-state index contributed by atoms with van der Waals surface area (Å²) in [5.74, 6) is 0.561. The van der Waals surface area contributed by atoms with Gasteiger partial charge in [-0.1, -0.05) is 6.07 Å². The molecular formula is C13H12Br2N2O3S. The van der Waals surface area contributed by atoms with Gasteiger partial charge in [-0.2, -0.15) is 0 Å². The van der Waals surface area contributed by atoms with Crippen molar-refractivity contribution in [3.05, 3.63) is 45.3 Å². The Labute approximate surface area is 139 Å². The molecule has 112 valence electrons. The molecule has 0 amide bonds. The number of nitrogens with two attached hydrogens (primary N) is 1. The fraction of sp³-hybridized carbons (Fsp3) is 0.0769. The van der Waals surface area contributed by atoms with E-state index in [1.807, 2.05) is 0 Å². The standard InChI is InChI=1S/C13H12Br2N2O3S/c1-20-10-4-2-3-9(7-10)17-21(18,19)13-11(14)5-8(16)6-12(13)15/h2-7,17H,16H2,1H3. The lowest BCUT2D eigenvalue weighted by Crippen LogP contribution is -2.14. The van der Waals surface area contributed by atoms with Crippen LogP contribution in [0.4, 0.5) is 11.4 Å². The lowest BCUT2D eigenvalue weighted by molar-refractivity contribution is 0.415. The van der Waals surface area contributed by atoms with Gasteiger partial charge in [-0.15, -0.1) is 0 Å². The third-order valence-corrected chi connectivity index (χ3v) is 5.87. The molecule has 0 aromatic heterocycles. The zero-order chi connectivity index (χ0) is 15.6. The topological polar surface area (TPSA) is 81.4 Å². The lowest BCUT2D eigenvalue weighted by atomic mass is 10.3. The van der Waals surface area contributed by atoms with Crippen molar-refractivity contribution >= 4 is 53.3 Å². The van der Waals surface area contributed by atoms with E-state index in [4.69, 9.17) is 10.5 Å². The van der Waals surface area contributed by atoms with E-state index in [0.29, 0.717) is 26.1 Å². The second-order valence-corrected chi connectivity index (χ2v) is 7.48. The second kappa shape index (κ2) is 6.25. The maximum atomic E-state index is 12.5. The summed E-state index contributed by atoms with van der Waals surface area (Å²) >= 11 is 6.44. The van der Waals surface area contributed by atoms with E-state index >= 15 is 0 Å². The number of nitrogen functional groups attached to an aromatic ring is 1. The monoisotopic (exact) mass is 434 g/mol. The van der Waals surface area contributed by atoms with Crippen LogP contribution in [0.5, 0.6) is 5.75 Å². The minimum Gasteiger partial charge on any atom is -0.497 e. The number of rotatable bonds is 4. The van der Waals surface area contributed by atoms with Gasteiger partial charge in [-0.05, 0) is 56.1 Å². The van der Waals surface area contributed by atoms with Crippen molar-refractivity contribution < 1.29 is 13.2 Å². The van der Waals surface area contributed by atoms with Crippen molar-refractivity contribution in [1.29, 1.82) is 0 Å². The molecule has 0 fully saturated rings. The molecule has 5 nitrogen and oxygen atoms in total. The molecule has 2 rings (SSSR count). The molecule has 0 saturated carbocycles. The maximum absolute atomic E-state index is 12.5. The van der Waals surface area contributed by atoms with Crippen LogP contribution >= 0.6 is 31.9 Å². The van der Waals surface area contributed by atoms with E-state index in [9.17, 15) is 8.42 Å². The molecule has 0 bridgehead atoms. The summed E-state index contributed by atoms with van der Waals surface area (Å²) in [6, 6.07) is 9.72. The summed E-state index contributed by atoms with van der Waals surface area (Å²) in [7, 11) is -2.26. The van der Waals surface area contributed by atoms with E-state index in [-0.39, 0.29) is 4.90 Å². The molecule has 2 aromatic carbocycles. The summed E-state index contributed by atoms with van der Waals surface area (Å²) in [6.45, 7) is 0. The quantitative estimate of drug-likeness (QED) is 0.718. The van der Waals surface area contributed by atoms with Gasteiger partial charge >= 0.3 is 0 Å². The number of anilines is 2. The minimum absolute atomic E-state index is 0.0829. The zero-order valence-corrected chi connectivity index (χ0v) is 14.9.